The van der Waals surface area contributed by atoms with Gasteiger partial charge in [-0.15, -0.1) is 0 Å². The minimum Gasteiger partial charge on any atom is -0.462 e. The first kappa shape index (κ1) is 56.4. The Bertz CT molecular complexity index is 887. The molecule has 0 amide bonds. The topological polar surface area (TPSA) is 78.9 Å². The van der Waals surface area contributed by atoms with E-state index < -0.39 is 6.10 Å². The molecule has 0 aromatic rings. The van der Waals surface area contributed by atoms with Crippen LogP contribution >= 0.6 is 0 Å². The first-order valence-electron chi connectivity index (χ1n) is 25.8. The van der Waals surface area contributed by atoms with Crippen molar-refractivity contribution in [3.8, 4) is 0 Å². The summed E-state index contributed by atoms with van der Waals surface area (Å²) in [5.41, 5.74) is 0. The third kappa shape index (κ3) is 44.0. The van der Waals surface area contributed by atoms with Gasteiger partial charge in [0.25, 0.3) is 0 Å². The van der Waals surface area contributed by atoms with Crippen molar-refractivity contribution in [2.75, 3.05) is 13.2 Å². The van der Waals surface area contributed by atoms with Gasteiger partial charge in [0.2, 0.25) is 0 Å². The van der Waals surface area contributed by atoms with E-state index in [2.05, 4.69) is 34.6 Å². The molecule has 0 spiro atoms. The van der Waals surface area contributed by atoms with Gasteiger partial charge in [0.05, 0.1) is 0 Å². The monoisotopic (exact) mass is 821 g/mol. The Morgan fingerprint density at radius 2 is 0.655 bits per heavy atom. The molecule has 6 heteroatoms. The molecule has 0 N–H and O–H groups in total. The van der Waals surface area contributed by atoms with Crippen molar-refractivity contribution in [1.29, 1.82) is 0 Å². The smallest absolute Gasteiger partial charge is 0.306 e. The summed E-state index contributed by atoms with van der Waals surface area (Å²) in [5, 5.41) is 0. The lowest BCUT2D eigenvalue weighted by atomic mass is 9.99. The molecule has 2 atom stereocenters. The van der Waals surface area contributed by atoms with Crippen molar-refractivity contribution in [1.82, 2.24) is 0 Å². The highest BCUT2D eigenvalue weighted by Gasteiger charge is 2.19. The second-order valence-corrected chi connectivity index (χ2v) is 18.5. The Morgan fingerprint density at radius 3 is 0.983 bits per heavy atom. The van der Waals surface area contributed by atoms with Crippen molar-refractivity contribution in [2.45, 2.75) is 291 Å². The van der Waals surface area contributed by atoms with Gasteiger partial charge in [0.15, 0.2) is 6.10 Å². The van der Waals surface area contributed by atoms with Gasteiger partial charge in [-0.25, -0.2) is 0 Å². The summed E-state index contributed by atoms with van der Waals surface area (Å²) in [4.78, 5) is 37.9. The van der Waals surface area contributed by atoms with Crippen LogP contribution in [0.5, 0.6) is 0 Å². The Balaban J connectivity index is 4.26. The average molecular weight is 821 g/mol. The minimum atomic E-state index is -0.761. The molecule has 0 fully saturated rings. The first-order valence-corrected chi connectivity index (χ1v) is 25.8. The maximum Gasteiger partial charge on any atom is 0.306 e. The zero-order chi connectivity index (χ0) is 42.6. The molecular weight excluding hydrogens is 721 g/mol. The molecule has 0 saturated heterocycles. The van der Waals surface area contributed by atoms with E-state index in [4.69, 9.17) is 14.2 Å². The van der Waals surface area contributed by atoms with E-state index in [9.17, 15) is 14.4 Å². The fourth-order valence-electron chi connectivity index (χ4n) is 7.78. The van der Waals surface area contributed by atoms with Gasteiger partial charge in [0, 0.05) is 19.3 Å². The maximum absolute atomic E-state index is 12.7. The predicted molar refractivity (Wildman–Crippen MR) is 247 cm³/mol. The van der Waals surface area contributed by atoms with Gasteiger partial charge in [-0.1, -0.05) is 247 Å². The number of unbranched alkanes of at least 4 members (excludes halogenated alkanes) is 30. The van der Waals surface area contributed by atoms with Crippen LogP contribution < -0.4 is 0 Å². The molecule has 58 heavy (non-hydrogen) atoms. The van der Waals surface area contributed by atoms with Crippen molar-refractivity contribution < 1.29 is 28.6 Å². The minimum absolute atomic E-state index is 0.0641. The normalized spacial score (nSPS) is 12.5. The molecular formula is C52H100O6. The number of rotatable bonds is 46. The van der Waals surface area contributed by atoms with Crippen LogP contribution in [0.2, 0.25) is 0 Å². The maximum atomic E-state index is 12.7. The summed E-state index contributed by atoms with van der Waals surface area (Å²) in [7, 11) is 0. The van der Waals surface area contributed by atoms with Crippen LogP contribution in [0, 0.1) is 11.8 Å². The lowest BCUT2D eigenvalue weighted by Crippen LogP contribution is -2.30. The fraction of sp³-hybridized carbons (Fsp3) is 0.942. The number of hydrogen-bond acceptors (Lipinski definition) is 6. The average Bonchev–Trinajstić information content (AvgIpc) is 3.21. The molecule has 0 aliphatic rings. The van der Waals surface area contributed by atoms with Crippen molar-refractivity contribution in [3.05, 3.63) is 0 Å². The summed E-state index contributed by atoms with van der Waals surface area (Å²) in [5.74, 6) is 0.826. The molecule has 6 nitrogen and oxygen atoms in total. The molecule has 0 aromatic carbocycles. The summed E-state index contributed by atoms with van der Waals surface area (Å²) in [6.45, 7) is 11.4. The third-order valence-corrected chi connectivity index (χ3v) is 12.1. The predicted octanol–water partition coefficient (Wildman–Crippen LogP) is 16.5. The SMILES string of the molecule is CCCCCCCCCCCCCCC(=O)O[C@@H](COC(=O)CCCCCCCCCCCCCCCCC(C)CC)COC(=O)CCCCCCCCCC(C)C. The molecule has 0 rings (SSSR count). The van der Waals surface area contributed by atoms with Crippen LogP contribution in [0.4, 0.5) is 0 Å². The second-order valence-electron chi connectivity index (χ2n) is 18.5. The van der Waals surface area contributed by atoms with Gasteiger partial charge in [-0.05, 0) is 31.1 Å². The van der Waals surface area contributed by atoms with E-state index in [0.29, 0.717) is 19.3 Å². The number of carbonyl (C=O) groups excluding carboxylic acids is 3. The van der Waals surface area contributed by atoms with Crippen LogP contribution in [0.3, 0.4) is 0 Å². The number of carbonyl (C=O) groups is 3. The summed E-state index contributed by atoms with van der Waals surface area (Å²) < 4.78 is 16.8. The summed E-state index contributed by atoms with van der Waals surface area (Å²) >= 11 is 0. The van der Waals surface area contributed by atoms with Crippen molar-refractivity contribution >= 4 is 17.9 Å². The quantitative estimate of drug-likeness (QED) is 0.0346. The van der Waals surface area contributed by atoms with E-state index in [1.165, 1.54) is 173 Å². The van der Waals surface area contributed by atoms with Crippen LogP contribution in [-0.4, -0.2) is 37.2 Å². The molecule has 0 aromatic heterocycles. The van der Waals surface area contributed by atoms with Crippen molar-refractivity contribution in [2.24, 2.45) is 11.8 Å². The molecule has 344 valence electrons. The van der Waals surface area contributed by atoms with Crippen LogP contribution in [0.1, 0.15) is 285 Å². The summed E-state index contributed by atoms with van der Waals surface area (Å²) in [6, 6.07) is 0. The fourth-order valence-corrected chi connectivity index (χ4v) is 7.78. The largest absolute Gasteiger partial charge is 0.462 e. The van der Waals surface area contributed by atoms with Gasteiger partial charge in [0.1, 0.15) is 13.2 Å². The molecule has 0 heterocycles. The van der Waals surface area contributed by atoms with Gasteiger partial charge < -0.3 is 14.2 Å². The standard InChI is InChI=1S/C52H100O6/c1-6-8-9-10-11-12-13-19-23-28-34-39-44-52(55)58-49(46-57-51(54)43-38-33-29-24-25-30-35-40-47(3)4)45-56-50(53)42-37-32-27-22-20-17-15-14-16-18-21-26-31-36-41-48(5)7-2/h47-49H,6-46H2,1-5H3/t48?,49-/m0/s1. The lowest BCUT2D eigenvalue weighted by Gasteiger charge is -2.18. The molecule has 0 bridgehead atoms. The molecule has 1 unspecified atom stereocenters. The van der Waals surface area contributed by atoms with Gasteiger partial charge >= 0.3 is 17.9 Å². The van der Waals surface area contributed by atoms with Crippen LogP contribution in [0.15, 0.2) is 0 Å². The van der Waals surface area contributed by atoms with Gasteiger partial charge in [-0.3, -0.25) is 14.4 Å². The highest BCUT2D eigenvalue weighted by molar-refractivity contribution is 5.71. The van der Waals surface area contributed by atoms with E-state index in [1.807, 2.05) is 0 Å². The van der Waals surface area contributed by atoms with Crippen LogP contribution in [0.25, 0.3) is 0 Å². The Hall–Kier alpha value is -1.59. The van der Waals surface area contributed by atoms with E-state index in [-0.39, 0.29) is 31.1 Å². The highest BCUT2D eigenvalue weighted by atomic mass is 16.6. The first-order chi connectivity index (χ1) is 28.3. The highest BCUT2D eigenvalue weighted by Crippen LogP contribution is 2.18. The second kappa shape index (κ2) is 44.9. The van der Waals surface area contributed by atoms with Gasteiger partial charge in [-0.2, -0.15) is 0 Å². The van der Waals surface area contributed by atoms with E-state index in [0.717, 1.165) is 69.6 Å². The van der Waals surface area contributed by atoms with E-state index >= 15 is 0 Å². The molecule has 0 aliphatic heterocycles. The van der Waals surface area contributed by atoms with Crippen molar-refractivity contribution in [3.63, 3.8) is 0 Å². The van der Waals surface area contributed by atoms with E-state index in [1.54, 1.807) is 0 Å². The third-order valence-electron chi connectivity index (χ3n) is 12.1. The molecule has 0 aliphatic carbocycles. The summed E-state index contributed by atoms with van der Waals surface area (Å²) in [6.07, 6.45) is 45.2. The number of esters is 3. The lowest BCUT2D eigenvalue weighted by molar-refractivity contribution is -0.167. The number of ether oxygens (including phenoxy) is 3. The number of hydrogen-bond donors (Lipinski definition) is 0. The van der Waals surface area contributed by atoms with Crippen LogP contribution in [-0.2, 0) is 28.6 Å². The zero-order valence-electron chi connectivity index (χ0n) is 39.7. The molecule has 0 saturated carbocycles. The Morgan fingerprint density at radius 1 is 0.362 bits per heavy atom. The Labute approximate surface area is 361 Å². The Kier molecular flexibility index (Phi) is 43.7. The molecule has 0 radical (unpaired) electrons. The zero-order valence-corrected chi connectivity index (χ0v) is 39.7.